The first-order valence-corrected chi connectivity index (χ1v) is 12.6. The standard InChI is InChI=1S/C29H34N4O4/c1-19(2)27(29(37)31-20(3)28(30)36)32-25(34)14-8-9-15-26(35)33-18-23-12-5-4-10-21(23)16-17-22-11-6-7-13-24(22)33/h4-7,10-13,19-20,27H,8-9,14-15,18H2,1-3H3,(H2,30,36)(H,31,37)(H,32,34)/t20-,27-/m0/s1. The van der Waals surface area contributed by atoms with E-state index in [9.17, 15) is 19.2 Å². The maximum absolute atomic E-state index is 13.3. The summed E-state index contributed by atoms with van der Waals surface area (Å²) < 4.78 is 0. The highest BCUT2D eigenvalue weighted by molar-refractivity contribution is 5.95. The lowest BCUT2D eigenvalue weighted by Gasteiger charge is -2.26. The predicted octanol–water partition coefficient (Wildman–Crippen LogP) is 2.62. The first kappa shape index (κ1) is 27.5. The molecule has 2 aromatic carbocycles. The number of carbonyl (C=O) groups excluding carboxylic acids is 4. The number of hydrogen-bond donors (Lipinski definition) is 3. The molecular weight excluding hydrogens is 468 g/mol. The summed E-state index contributed by atoms with van der Waals surface area (Å²) in [4.78, 5) is 51.3. The quantitative estimate of drug-likeness (QED) is 0.342. The molecule has 194 valence electrons. The summed E-state index contributed by atoms with van der Waals surface area (Å²) >= 11 is 0. The third-order valence-corrected chi connectivity index (χ3v) is 6.27. The normalized spacial score (nSPS) is 13.6. The second kappa shape index (κ2) is 12.7. The first-order chi connectivity index (χ1) is 17.7. The Morgan fingerprint density at radius 1 is 0.892 bits per heavy atom. The zero-order valence-electron chi connectivity index (χ0n) is 21.5. The molecule has 1 aliphatic heterocycles. The average Bonchev–Trinajstić information content (AvgIpc) is 2.86. The van der Waals surface area contributed by atoms with Gasteiger partial charge in [0.15, 0.2) is 0 Å². The molecule has 1 heterocycles. The summed E-state index contributed by atoms with van der Waals surface area (Å²) in [6.07, 6.45) is 1.48. The van der Waals surface area contributed by atoms with Crippen molar-refractivity contribution in [3.05, 3.63) is 65.2 Å². The largest absolute Gasteiger partial charge is 0.368 e. The Balaban J connectivity index is 1.57. The molecule has 37 heavy (non-hydrogen) atoms. The number of benzene rings is 2. The van der Waals surface area contributed by atoms with Gasteiger partial charge in [0.25, 0.3) is 0 Å². The molecule has 0 aliphatic carbocycles. The monoisotopic (exact) mass is 502 g/mol. The van der Waals surface area contributed by atoms with E-state index in [1.54, 1.807) is 4.90 Å². The highest BCUT2D eigenvalue weighted by Crippen LogP contribution is 2.26. The first-order valence-electron chi connectivity index (χ1n) is 12.6. The lowest BCUT2D eigenvalue weighted by molar-refractivity contribution is -0.132. The van der Waals surface area contributed by atoms with Gasteiger partial charge in [-0.2, -0.15) is 0 Å². The molecule has 0 fully saturated rings. The zero-order valence-corrected chi connectivity index (χ0v) is 21.5. The Labute approximate surface area is 218 Å². The van der Waals surface area contributed by atoms with Crippen LogP contribution >= 0.6 is 0 Å². The second-order valence-corrected chi connectivity index (χ2v) is 9.53. The molecule has 0 aromatic heterocycles. The van der Waals surface area contributed by atoms with Crippen molar-refractivity contribution in [2.75, 3.05) is 4.90 Å². The van der Waals surface area contributed by atoms with E-state index in [1.165, 1.54) is 6.92 Å². The van der Waals surface area contributed by atoms with Gasteiger partial charge in [-0.3, -0.25) is 19.2 Å². The number of amides is 4. The third-order valence-electron chi connectivity index (χ3n) is 6.27. The molecule has 0 unspecified atom stereocenters. The summed E-state index contributed by atoms with van der Waals surface area (Å²) in [5.41, 5.74) is 8.68. The molecular formula is C29H34N4O4. The van der Waals surface area contributed by atoms with Crippen molar-refractivity contribution in [3.8, 4) is 11.8 Å². The van der Waals surface area contributed by atoms with Gasteiger partial charge in [-0.25, -0.2) is 0 Å². The van der Waals surface area contributed by atoms with Crippen molar-refractivity contribution in [2.45, 2.75) is 65.1 Å². The summed E-state index contributed by atoms with van der Waals surface area (Å²) in [5, 5.41) is 5.26. The van der Waals surface area contributed by atoms with Crippen molar-refractivity contribution in [1.29, 1.82) is 0 Å². The number of unbranched alkanes of at least 4 members (excludes halogenated alkanes) is 1. The van der Waals surface area contributed by atoms with Gasteiger partial charge in [-0.15, -0.1) is 0 Å². The van der Waals surface area contributed by atoms with Crippen molar-refractivity contribution in [2.24, 2.45) is 11.7 Å². The molecule has 8 heteroatoms. The molecule has 2 aromatic rings. The zero-order chi connectivity index (χ0) is 26.9. The van der Waals surface area contributed by atoms with Gasteiger partial charge in [0.05, 0.1) is 12.2 Å². The highest BCUT2D eigenvalue weighted by Gasteiger charge is 2.26. The maximum Gasteiger partial charge on any atom is 0.243 e. The number of rotatable bonds is 10. The smallest absolute Gasteiger partial charge is 0.243 e. The van der Waals surface area contributed by atoms with E-state index in [0.29, 0.717) is 19.4 Å². The van der Waals surface area contributed by atoms with Crippen LogP contribution < -0.4 is 21.3 Å². The van der Waals surface area contributed by atoms with Crippen LogP contribution in [0.3, 0.4) is 0 Å². The van der Waals surface area contributed by atoms with E-state index >= 15 is 0 Å². The Hall–Kier alpha value is -4.12. The molecule has 0 saturated heterocycles. The summed E-state index contributed by atoms with van der Waals surface area (Å²) in [6, 6.07) is 13.8. The van der Waals surface area contributed by atoms with Gasteiger partial charge < -0.3 is 21.3 Å². The topological polar surface area (TPSA) is 122 Å². The minimum atomic E-state index is -0.831. The maximum atomic E-state index is 13.3. The molecule has 4 N–H and O–H groups in total. The average molecular weight is 503 g/mol. The molecule has 0 bridgehead atoms. The number of anilines is 1. The van der Waals surface area contributed by atoms with Crippen LogP contribution in [0.5, 0.6) is 0 Å². The predicted molar refractivity (Wildman–Crippen MR) is 142 cm³/mol. The molecule has 0 radical (unpaired) electrons. The Morgan fingerprint density at radius 3 is 2.22 bits per heavy atom. The van der Waals surface area contributed by atoms with E-state index < -0.39 is 23.9 Å². The summed E-state index contributed by atoms with van der Waals surface area (Å²) in [7, 11) is 0. The minimum Gasteiger partial charge on any atom is -0.368 e. The molecule has 2 atom stereocenters. The number of nitrogens with zero attached hydrogens (tertiary/aromatic N) is 1. The van der Waals surface area contributed by atoms with Gasteiger partial charge in [-0.1, -0.05) is 56.0 Å². The van der Waals surface area contributed by atoms with E-state index in [0.717, 1.165) is 22.4 Å². The van der Waals surface area contributed by atoms with E-state index in [1.807, 2.05) is 62.4 Å². The second-order valence-electron chi connectivity index (χ2n) is 9.53. The molecule has 1 aliphatic rings. The fraction of sp³-hybridized carbons (Fsp3) is 0.379. The molecule has 4 amide bonds. The van der Waals surface area contributed by atoms with Crippen LogP contribution in [0.2, 0.25) is 0 Å². The Morgan fingerprint density at radius 2 is 1.51 bits per heavy atom. The van der Waals surface area contributed by atoms with Crippen LogP contribution in [0, 0.1) is 17.8 Å². The third kappa shape index (κ3) is 7.43. The number of nitrogens with two attached hydrogens (primary N) is 1. The van der Waals surface area contributed by atoms with Gasteiger partial charge in [-0.05, 0) is 49.4 Å². The molecule has 8 nitrogen and oxygen atoms in total. The van der Waals surface area contributed by atoms with Crippen LogP contribution in [0.15, 0.2) is 48.5 Å². The van der Waals surface area contributed by atoms with Gasteiger partial charge in [0, 0.05) is 24.0 Å². The van der Waals surface area contributed by atoms with Crippen molar-refractivity contribution in [1.82, 2.24) is 10.6 Å². The number of nitrogens with one attached hydrogen (secondary N) is 2. The van der Waals surface area contributed by atoms with Crippen molar-refractivity contribution >= 4 is 29.3 Å². The van der Waals surface area contributed by atoms with E-state index in [2.05, 4.69) is 22.5 Å². The number of para-hydroxylation sites is 1. The number of carbonyl (C=O) groups is 4. The lowest BCUT2D eigenvalue weighted by atomic mass is 10.0. The van der Waals surface area contributed by atoms with Crippen LogP contribution in [0.25, 0.3) is 0 Å². The molecule has 3 rings (SSSR count). The van der Waals surface area contributed by atoms with Gasteiger partial charge >= 0.3 is 0 Å². The SMILES string of the molecule is CC(C)[C@H](NC(=O)CCCCC(=O)N1Cc2ccccc2C#Cc2ccccc21)C(=O)N[C@@H](C)C(N)=O. The van der Waals surface area contributed by atoms with Crippen LogP contribution in [0.4, 0.5) is 5.69 Å². The van der Waals surface area contributed by atoms with Crippen LogP contribution in [0.1, 0.15) is 63.1 Å². The number of fused-ring (bicyclic) bond motifs is 2. The highest BCUT2D eigenvalue weighted by atomic mass is 16.2. The van der Waals surface area contributed by atoms with Crippen molar-refractivity contribution in [3.63, 3.8) is 0 Å². The van der Waals surface area contributed by atoms with E-state index in [4.69, 9.17) is 5.73 Å². The van der Waals surface area contributed by atoms with Crippen LogP contribution in [-0.4, -0.2) is 35.7 Å². The molecule has 0 spiro atoms. The van der Waals surface area contributed by atoms with Gasteiger partial charge in [0.2, 0.25) is 23.6 Å². The van der Waals surface area contributed by atoms with Crippen LogP contribution in [-0.2, 0) is 25.7 Å². The van der Waals surface area contributed by atoms with E-state index in [-0.39, 0.29) is 30.6 Å². The van der Waals surface area contributed by atoms with Gasteiger partial charge in [0.1, 0.15) is 12.1 Å². The molecule has 0 saturated carbocycles. The Kier molecular flexibility index (Phi) is 9.45. The summed E-state index contributed by atoms with van der Waals surface area (Å²) in [5.74, 6) is 4.80. The van der Waals surface area contributed by atoms with Crippen molar-refractivity contribution < 1.29 is 19.2 Å². The Bertz CT molecular complexity index is 1230. The minimum absolute atomic E-state index is 0.0359. The fourth-order valence-corrected chi connectivity index (χ4v) is 4.06. The fourth-order valence-electron chi connectivity index (χ4n) is 4.06. The summed E-state index contributed by atoms with van der Waals surface area (Å²) in [6.45, 7) is 5.53. The lowest BCUT2D eigenvalue weighted by Crippen LogP contribution is -2.53. The number of hydrogen-bond acceptors (Lipinski definition) is 4. The number of primary amides is 1.